The molecule has 0 spiro atoms. The summed E-state index contributed by atoms with van der Waals surface area (Å²) in [4.78, 5) is 12.0. The van der Waals surface area contributed by atoms with E-state index in [2.05, 4.69) is 5.32 Å². The number of nitrogens with two attached hydrogens (primary N) is 1. The maximum absolute atomic E-state index is 12.0. The SMILES string of the molecule is N#Cc1ccc(Cl)c(NC(=O)c2ccc(N)cc2)c1. The van der Waals surface area contributed by atoms with Crippen molar-refractivity contribution in [3.05, 3.63) is 58.6 Å². The summed E-state index contributed by atoms with van der Waals surface area (Å²) in [5.41, 5.74) is 7.44. The van der Waals surface area contributed by atoms with Crippen LogP contribution >= 0.6 is 11.6 Å². The minimum Gasteiger partial charge on any atom is -0.399 e. The first kappa shape index (κ1) is 12.9. The van der Waals surface area contributed by atoms with Crippen LogP contribution in [0.1, 0.15) is 15.9 Å². The highest BCUT2D eigenvalue weighted by atomic mass is 35.5. The van der Waals surface area contributed by atoms with Crippen LogP contribution in [0.2, 0.25) is 5.02 Å². The first-order valence-corrected chi connectivity index (χ1v) is 5.84. The summed E-state index contributed by atoms with van der Waals surface area (Å²) in [7, 11) is 0. The van der Waals surface area contributed by atoms with Gasteiger partial charge in [-0.05, 0) is 42.5 Å². The van der Waals surface area contributed by atoms with E-state index in [1.54, 1.807) is 36.4 Å². The molecule has 0 fully saturated rings. The lowest BCUT2D eigenvalue weighted by Gasteiger charge is -2.07. The summed E-state index contributed by atoms with van der Waals surface area (Å²) >= 11 is 5.97. The zero-order valence-electron chi connectivity index (χ0n) is 9.85. The van der Waals surface area contributed by atoms with Crippen LogP contribution in [0.25, 0.3) is 0 Å². The van der Waals surface area contributed by atoms with E-state index in [4.69, 9.17) is 22.6 Å². The van der Waals surface area contributed by atoms with Crippen molar-refractivity contribution in [3.8, 4) is 6.07 Å². The van der Waals surface area contributed by atoms with E-state index in [0.29, 0.717) is 27.5 Å². The molecule has 0 saturated carbocycles. The van der Waals surface area contributed by atoms with Gasteiger partial charge in [-0.25, -0.2) is 0 Å². The highest BCUT2D eigenvalue weighted by molar-refractivity contribution is 6.34. The second-order valence-corrected chi connectivity index (χ2v) is 4.29. The van der Waals surface area contributed by atoms with Crippen molar-refractivity contribution >= 4 is 28.9 Å². The summed E-state index contributed by atoms with van der Waals surface area (Å²) in [6.07, 6.45) is 0. The number of benzene rings is 2. The van der Waals surface area contributed by atoms with Gasteiger partial charge in [0, 0.05) is 11.3 Å². The Balaban J connectivity index is 2.24. The highest BCUT2D eigenvalue weighted by Crippen LogP contribution is 2.23. The Morgan fingerprint density at radius 1 is 1.21 bits per heavy atom. The molecule has 0 heterocycles. The number of nitrogen functional groups attached to an aromatic ring is 1. The number of hydrogen-bond acceptors (Lipinski definition) is 3. The number of nitrogens with one attached hydrogen (secondary N) is 1. The predicted octanol–water partition coefficient (Wildman–Crippen LogP) is 3.05. The number of amides is 1. The maximum atomic E-state index is 12.0. The van der Waals surface area contributed by atoms with Crippen LogP contribution in [-0.4, -0.2) is 5.91 Å². The Hall–Kier alpha value is -2.51. The van der Waals surface area contributed by atoms with E-state index >= 15 is 0 Å². The molecule has 19 heavy (non-hydrogen) atoms. The third kappa shape index (κ3) is 3.03. The van der Waals surface area contributed by atoms with Gasteiger partial charge in [-0.2, -0.15) is 5.26 Å². The van der Waals surface area contributed by atoms with Crippen LogP contribution in [0.3, 0.4) is 0 Å². The molecule has 2 rings (SSSR count). The number of anilines is 2. The van der Waals surface area contributed by atoms with Crippen LogP contribution in [0.15, 0.2) is 42.5 Å². The fourth-order valence-electron chi connectivity index (χ4n) is 1.52. The van der Waals surface area contributed by atoms with Crippen molar-refractivity contribution in [1.29, 1.82) is 5.26 Å². The molecule has 0 atom stereocenters. The average molecular weight is 272 g/mol. The van der Waals surface area contributed by atoms with Gasteiger partial charge in [0.25, 0.3) is 5.91 Å². The molecular formula is C14H10ClN3O. The molecule has 0 aliphatic heterocycles. The number of nitriles is 1. The Labute approximate surface area is 115 Å². The molecule has 2 aromatic carbocycles. The molecule has 4 nitrogen and oxygen atoms in total. The van der Waals surface area contributed by atoms with Gasteiger partial charge < -0.3 is 11.1 Å². The zero-order chi connectivity index (χ0) is 13.8. The van der Waals surface area contributed by atoms with Crippen LogP contribution in [0.5, 0.6) is 0 Å². The number of nitrogens with zero attached hydrogens (tertiary/aromatic N) is 1. The van der Waals surface area contributed by atoms with Gasteiger partial charge in [-0.15, -0.1) is 0 Å². The molecule has 0 radical (unpaired) electrons. The predicted molar refractivity (Wildman–Crippen MR) is 75.0 cm³/mol. The average Bonchev–Trinajstić information content (AvgIpc) is 2.42. The molecule has 0 saturated heterocycles. The van der Waals surface area contributed by atoms with Crippen LogP contribution in [-0.2, 0) is 0 Å². The molecule has 3 N–H and O–H groups in total. The number of carbonyl (C=O) groups excluding carboxylic acids is 1. The van der Waals surface area contributed by atoms with Gasteiger partial charge in [-0.1, -0.05) is 11.6 Å². The zero-order valence-corrected chi connectivity index (χ0v) is 10.6. The molecular weight excluding hydrogens is 262 g/mol. The molecule has 94 valence electrons. The van der Waals surface area contributed by atoms with E-state index in [0.717, 1.165) is 0 Å². The fourth-order valence-corrected chi connectivity index (χ4v) is 1.68. The topological polar surface area (TPSA) is 78.9 Å². The molecule has 0 aliphatic carbocycles. The third-order valence-electron chi connectivity index (χ3n) is 2.52. The Bertz CT molecular complexity index is 659. The summed E-state index contributed by atoms with van der Waals surface area (Å²) in [5.74, 6) is -0.308. The number of hydrogen-bond donors (Lipinski definition) is 2. The quantitative estimate of drug-likeness (QED) is 0.824. The largest absolute Gasteiger partial charge is 0.399 e. The Morgan fingerprint density at radius 3 is 2.53 bits per heavy atom. The highest BCUT2D eigenvalue weighted by Gasteiger charge is 2.09. The van der Waals surface area contributed by atoms with Gasteiger partial charge >= 0.3 is 0 Å². The monoisotopic (exact) mass is 271 g/mol. The van der Waals surface area contributed by atoms with E-state index in [9.17, 15) is 4.79 Å². The number of rotatable bonds is 2. The molecule has 5 heteroatoms. The summed E-state index contributed by atoms with van der Waals surface area (Å²) in [6, 6.07) is 13.2. The molecule has 0 bridgehead atoms. The van der Waals surface area contributed by atoms with E-state index in [-0.39, 0.29) is 5.91 Å². The molecule has 0 unspecified atom stereocenters. The first-order chi connectivity index (χ1) is 9.10. The van der Waals surface area contributed by atoms with Crippen molar-refractivity contribution in [2.45, 2.75) is 0 Å². The third-order valence-corrected chi connectivity index (χ3v) is 2.85. The number of carbonyl (C=O) groups is 1. The lowest BCUT2D eigenvalue weighted by molar-refractivity contribution is 0.102. The Kier molecular flexibility index (Phi) is 3.69. The lowest BCUT2D eigenvalue weighted by Crippen LogP contribution is -2.12. The minimum absolute atomic E-state index is 0.308. The standard InChI is InChI=1S/C14H10ClN3O/c15-12-6-1-9(8-16)7-13(12)18-14(19)10-2-4-11(17)5-3-10/h1-7H,17H2,(H,18,19). The van der Waals surface area contributed by atoms with E-state index < -0.39 is 0 Å². The van der Waals surface area contributed by atoms with E-state index in [1.165, 1.54) is 6.07 Å². The van der Waals surface area contributed by atoms with Gasteiger partial charge in [0.05, 0.1) is 22.3 Å². The van der Waals surface area contributed by atoms with E-state index in [1.807, 2.05) is 6.07 Å². The van der Waals surface area contributed by atoms with Crippen LogP contribution < -0.4 is 11.1 Å². The first-order valence-electron chi connectivity index (χ1n) is 5.46. The molecule has 0 aromatic heterocycles. The van der Waals surface area contributed by atoms with Crippen LogP contribution in [0.4, 0.5) is 11.4 Å². The maximum Gasteiger partial charge on any atom is 0.255 e. The van der Waals surface area contributed by atoms with Gasteiger partial charge in [0.1, 0.15) is 0 Å². The summed E-state index contributed by atoms with van der Waals surface area (Å²) in [5, 5.41) is 11.9. The van der Waals surface area contributed by atoms with Crippen molar-refractivity contribution in [2.75, 3.05) is 11.1 Å². The second kappa shape index (κ2) is 5.42. The van der Waals surface area contributed by atoms with Crippen molar-refractivity contribution in [3.63, 3.8) is 0 Å². The van der Waals surface area contributed by atoms with Gasteiger partial charge in [-0.3, -0.25) is 4.79 Å². The summed E-state index contributed by atoms with van der Waals surface area (Å²) in [6.45, 7) is 0. The van der Waals surface area contributed by atoms with Gasteiger partial charge in [0.15, 0.2) is 0 Å². The van der Waals surface area contributed by atoms with Gasteiger partial charge in [0.2, 0.25) is 0 Å². The molecule has 0 aliphatic rings. The van der Waals surface area contributed by atoms with Crippen molar-refractivity contribution in [2.24, 2.45) is 0 Å². The Morgan fingerprint density at radius 2 is 1.89 bits per heavy atom. The smallest absolute Gasteiger partial charge is 0.255 e. The van der Waals surface area contributed by atoms with Crippen molar-refractivity contribution < 1.29 is 4.79 Å². The number of halogens is 1. The fraction of sp³-hybridized carbons (Fsp3) is 0. The lowest BCUT2D eigenvalue weighted by atomic mass is 10.1. The normalized spacial score (nSPS) is 9.68. The summed E-state index contributed by atoms with van der Waals surface area (Å²) < 4.78 is 0. The molecule has 1 amide bonds. The van der Waals surface area contributed by atoms with Crippen LogP contribution in [0, 0.1) is 11.3 Å². The van der Waals surface area contributed by atoms with Crippen molar-refractivity contribution in [1.82, 2.24) is 0 Å². The second-order valence-electron chi connectivity index (χ2n) is 3.88. The minimum atomic E-state index is -0.308. The molecule has 2 aromatic rings.